The molecule has 21 aromatic rings. The predicted octanol–water partition coefficient (Wildman–Crippen LogP) is 30.0. The van der Waals surface area contributed by atoms with Crippen molar-refractivity contribution >= 4 is 88.5 Å². The van der Waals surface area contributed by atoms with E-state index in [2.05, 4.69) is 431 Å². The van der Waals surface area contributed by atoms with Crippen molar-refractivity contribution in [1.82, 2.24) is 9.13 Å². The maximum Gasteiger partial charge on any atom is 0.123 e. The molecule has 0 atom stereocenters. The molecule has 120 heavy (non-hydrogen) atoms. The van der Waals surface area contributed by atoms with Gasteiger partial charge < -0.3 is 18.9 Å². The molecule has 0 spiro atoms. The second-order valence-electron chi connectivity index (χ2n) is 31.3. The number of hydrogen-bond donors (Lipinski definition) is 0. The van der Waals surface area contributed by atoms with E-state index in [1.165, 1.54) is 102 Å². The topological polar surface area (TPSA) is 16.3 Å². The molecule has 0 N–H and O–H groups in total. The summed E-state index contributed by atoms with van der Waals surface area (Å²) in [6.07, 6.45) is 0. The summed E-state index contributed by atoms with van der Waals surface area (Å²) in [7, 11) is 0. The second-order valence-corrected chi connectivity index (χ2v) is 31.3. The van der Waals surface area contributed by atoms with Crippen molar-refractivity contribution < 1.29 is 8.78 Å². The first-order valence-corrected chi connectivity index (χ1v) is 41.0. The minimum absolute atomic E-state index is 0.240. The number of hydrogen-bond acceptors (Lipinski definition) is 2. The molecule has 0 bridgehead atoms. The fraction of sp³-hybridized carbons (Fsp3) is 0.0175. The van der Waals surface area contributed by atoms with Gasteiger partial charge in [-0.3, -0.25) is 0 Å². The van der Waals surface area contributed by atoms with E-state index in [9.17, 15) is 8.78 Å². The van der Waals surface area contributed by atoms with Gasteiger partial charge in [-0.1, -0.05) is 303 Å². The zero-order valence-corrected chi connectivity index (χ0v) is 65.4. The lowest BCUT2D eigenvalue weighted by Crippen LogP contribution is -2.28. The van der Waals surface area contributed by atoms with Crippen molar-refractivity contribution in [2.75, 3.05) is 9.80 Å². The third-order valence-electron chi connectivity index (χ3n) is 24.8. The van der Waals surface area contributed by atoms with Gasteiger partial charge in [-0.15, -0.1) is 0 Å². The van der Waals surface area contributed by atoms with E-state index in [0.29, 0.717) is 0 Å². The lowest BCUT2D eigenvalue weighted by molar-refractivity contribution is 0.627. The first kappa shape index (κ1) is 71.1. The highest BCUT2D eigenvalue weighted by molar-refractivity contribution is 6.12. The van der Waals surface area contributed by atoms with Crippen LogP contribution in [0.25, 0.3) is 110 Å². The molecular weight excluding hydrogens is 1460 g/mol. The molecule has 6 heteroatoms. The van der Waals surface area contributed by atoms with Crippen LogP contribution in [0.4, 0.5) is 42.9 Å². The van der Waals surface area contributed by atoms with Gasteiger partial charge in [0.1, 0.15) is 11.6 Å². The molecule has 19 aromatic carbocycles. The Morgan fingerprint density at radius 1 is 0.192 bits per heavy atom. The van der Waals surface area contributed by atoms with Gasteiger partial charge in [0.05, 0.1) is 32.9 Å². The molecule has 2 aliphatic carbocycles. The van der Waals surface area contributed by atoms with Crippen molar-refractivity contribution in [2.24, 2.45) is 0 Å². The van der Waals surface area contributed by atoms with Crippen LogP contribution in [0.15, 0.2) is 461 Å². The van der Waals surface area contributed by atoms with Crippen LogP contribution in [-0.2, 0) is 10.8 Å². The molecule has 0 aliphatic heterocycles. The summed E-state index contributed by atoms with van der Waals surface area (Å²) in [6, 6.07) is 163. The predicted molar refractivity (Wildman–Crippen MR) is 494 cm³/mol. The fourth-order valence-electron chi connectivity index (χ4n) is 19.6. The Morgan fingerprint density at radius 3 is 0.933 bits per heavy atom. The quantitative estimate of drug-likeness (QED) is 0.108. The zero-order valence-electron chi connectivity index (χ0n) is 65.4. The minimum Gasteiger partial charge on any atom is -0.310 e. The smallest absolute Gasteiger partial charge is 0.123 e. The molecule has 0 radical (unpaired) electrons. The molecule has 4 nitrogen and oxygen atoms in total. The zero-order chi connectivity index (χ0) is 79.8. The van der Waals surface area contributed by atoms with Crippen LogP contribution < -0.4 is 9.80 Å². The standard InChI is InChI=1S/C59H39FN2.C55H37FN2/c60-46-27-32-48(33-28-46)62-57-22-12-10-20-53(57)54-38-43(26-36-58(54)62)41-23-29-47(30-24-41)61(49-31-25-40-13-7-8-14-42(40)37-49)50-34-35-52-51-19-9-11-21-55(51)59(56(52)39-50,44-15-3-1-4-16-44)45-17-5-2-6-18-45;56-42-27-31-45(32-28-42)58-53-23-13-11-21-49(53)50-36-39(26-35-54(50)58)38-24-29-44(30-25-38)57(43-18-8-3-9-19-43)46-33-34-48-47-20-10-12-22-51(47)55(52(48)37-46,40-14-4-1-5-15-40)41-16-6-2-7-17-41/h1-39H;1-37H. The highest BCUT2D eigenvalue weighted by Gasteiger charge is 2.48. The summed E-state index contributed by atoms with van der Waals surface area (Å²) in [5.74, 6) is -0.482. The molecule has 566 valence electrons. The summed E-state index contributed by atoms with van der Waals surface area (Å²) >= 11 is 0. The van der Waals surface area contributed by atoms with Crippen molar-refractivity contribution in [3.05, 3.63) is 517 Å². The number of rotatable bonds is 14. The molecule has 2 aromatic heterocycles. The first-order chi connectivity index (χ1) is 59.3. The number of fused-ring (bicyclic) bond motifs is 13. The van der Waals surface area contributed by atoms with E-state index < -0.39 is 10.8 Å². The Hall–Kier alpha value is -15.5. The highest BCUT2D eigenvalue weighted by Crippen LogP contribution is 2.60. The largest absolute Gasteiger partial charge is 0.310 e. The monoisotopic (exact) mass is 1540 g/mol. The molecule has 0 saturated carbocycles. The number of benzene rings is 19. The summed E-state index contributed by atoms with van der Waals surface area (Å²) in [4.78, 5) is 4.77. The van der Waals surface area contributed by atoms with Gasteiger partial charge in [0.2, 0.25) is 0 Å². The Morgan fingerprint density at radius 2 is 0.500 bits per heavy atom. The molecule has 0 fully saturated rings. The van der Waals surface area contributed by atoms with Crippen LogP contribution in [0.2, 0.25) is 0 Å². The summed E-state index contributed by atoms with van der Waals surface area (Å²) < 4.78 is 32.3. The molecule has 0 unspecified atom stereocenters. The average molecular weight is 1540 g/mol. The lowest BCUT2D eigenvalue weighted by Gasteiger charge is -2.35. The number of para-hydroxylation sites is 3. The summed E-state index contributed by atoms with van der Waals surface area (Å²) in [5.41, 5.74) is 31.4. The van der Waals surface area contributed by atoms with Crippen LogP contribution in [0.1, 0.15) is 44.5 Å². The highest BCUT2D eigenvalue weighted by atomic mass is 19.1. The Labute approximate surface area is 695 Å². The summed E-state index contributed by atoms with van der Waals surface area (Å²) in [5, 5.41) is 7.04. The second kappa shape index (κ2) is 29.3. The number of halogens is 2. The normalized spacial score (nSPS) is 12.7. The number of nitrogens with zero attached hydrogens (tertiary/aromatic N) is 4. The van der Waals surface area contributed by atoms with Gasteiger partial charge >= 0.3 is 0 Å². The molecule has 2 heterocycles. The Bertz CT molecular complexity index is 7370. The molecule has 2 aliphatic rings. The van der Waals surface area contributed by atoms with E-state index in [1.807, 2.05) is 24.3 Å². The van der Waals surface area contributed by atoms with Crippen molar-refractivity contribution in [1.29, 1.82) is 0 Å². The maximum absolute atomic E-state index is 14.0. The van der Waals surface area contributed by atoms with Crippen molar-refractivity contribution in [3.63, 3.8) is 0 Å². The number of anilines is 6. The fourth-order valence-corrected chi connectivity index (χ4v) is 19.6. The van der Waals surface area contributed by atoms with Crippen molar-refractivity contribution in [2.45, 2.75) is 10.8 Å². The van der Waals surface area contributed by atoms with Gasteiger partial charge in [-0.2, -0.15) is 0 Å². The molecule has 23 rings (SSSR count). The van der Waals surface area contributed by atoms with Gasteiger partial charge in [0, 0.05) is 67.0 Å². The van der Waals surface area contributed by atoms with Gasteiger partial charge in [-0.25, -0.2) is 8.78 Å². The Kier molecular flexibility index (Phi) is 17.4. The third-order valence-corrected chi connectivity index (χ3v) is 24.8. The number of aromatic nitrogens is 2. The maximum atomic E-state index is 14.0. The first-order valence-electron chi connectivity index (χ1n) is 41.0. The molecule has 0 amide bonds. The Balaban J connectivity index is 0.000000144. The summed E-state index contributed by atoms with van der Waals surface area (Å²) in [6.45, 7) is 0. The SMILES string of the molecule is Fc1ccc(-n2c3ccccc3c3cc(-c4ccc(N(c5ccc6c(c5)C(c5ccccc5)(c5ccccc5)c5ccccc5-6)c5ccc6ccccc6c5)cc4)ccc32)cc1.Fc1ccc(-n2c3ccccc3c3cc(-c4ccc(N(c5ccccc5)c5ccc6c(c5)C(c5ccccc5)(c5ccccc5)c5ccccc5-6)cc4)ccc32)cc1. The van der Waals surface area contributed by atoms with Crippen LogP contribution in [-0.4, -0.2) is 9.13 Å². The van der Waals surface area contributed by atoms with E-state index in [-0.39, 0.29) is 11.6 Å². The van der Waals surface area contributed by atoms with Crippen LogP contribution >= 0.6 is 0 Å². The third kappa shape index (κ3) is 11.7. The van der Waals surface area contributed by atoms with Crippen molar-refractivity contribution in [3.8, 4) is 55.9 Å². The minimum atomic E-state index is -0.512. The molecular formula is C114H76F2N4. The van der Waals surface area contributed by atoms with Crippen LogP contribution in [0.5, 0.6) is 0 Å². The van der Waals surface area contributed by atoms with E-state index >= 15 is 0 Å². The van der Waals surface area contributed by atoms with E-state index in [4.69, 9.17) is 0 Å². The van der Waals surface area contributed by atoms with Crippen LogP contribution in [0.3, 0.4) is 0 Å². The van der Waals surface area contributed by atoms with E-state index in [1.54, 1.807) is 0 Å². The van der Waals surface area contributed by atoms with Gasteiger partial charge in [0.25, 0.3) is 0 Å². The lowest BCUT2D eigenvalue weighted by atomic mass is 9.67. The van der Waals surface area contributed by atoms with E-state index in [0.717, 1.165) is 111 Å². The molecule has 0 saturated heterocycles. The van der Waals surface area contributed by atoms with Gasteiger partial charge in [-0.05, 0) is 258 Å². The average Bonchev–Trinajstić information content (AvgIpc) is 1.53. The van der Waals surface area contributed by atoms with Gasteiger partial charge in [0.15, 0.2) is 0 Å². The van der Waals surface area contributed by atoms with Crippen LogP contribution in [0, 0.1) is 11.6 Å².